The minimum absolute atomic E-state index is 0.0927. The summed E-state index contributed by atoms with van der Waals surface area (Å²) in [7, 11) is -4.24. The van der Waals surface area contributed by atoms with Crippen LogP contribution < -0.4 is 0 Å². The fourth-order valence-corrected chi connectivity index (χ4v) is 7.74. The summed E-state index contributed by atoms with van der Waals surface area (Å²) in [5, 5.41) is 34.4. The van der Waals surface area contributed by atoms with E-state index in [9.17, 15) is 19.9 Å². The first-order valence-electron chi connectivity index (χ1n) is 19.3. The van der Waals surface area contributed by atoms with Crippen molar-refractivity contribution in [2.24, 2.45) is 0 Å². The van der Waals surface area contributed by atoms with E-state index in [-0.39, 0.29) is 26.4 Å². The number of benzene rings is 2. The van der Waals surface area contributed by atoms with Crippen molar-refractivity contribution in [3.63, 3.8) is 0 Å². The van der Waals surface area contributed by atoms with Gasteiger partial charge in [0.2, 0.25) is 0 Å². The van der Waals surface area contributed by atoms with Crippen LogP contribution in [0.25, 0.3) is 0 Å². The highest BCUT2D eigenvalue weighted by Crippen LogP contribution is 2.53. The molecular formula is C40H65O9P. The highest BCUT2D eigenvalue weighted by Gasteiger charge is 2.54. The summed E-state index contributed by atoms with van der Waals surface area (Å²) in [4.78, 5) is 0. The molecule has 3 N–H and O–H groups in total. The average molecular weight is 721 g/mol. The molecular weight excluding hydrogens is 655 g/mol. The zero-order valence-corrected chi connectivity index (χ0v) is 31.5. The number of unbranched alkanes of at least 4 members (excludes halogenated alkanes) is 14. The van der Waals surface area contributed by atoms with Crippen LogP contribution >= 0.6 is 7.82 Å². The van der Waals surface area contributed by atoms with Crippen molar-refractivity contribution >= 4 is 7.82 Å². The first-order chi connectivity index (χ1) is 24.4. The number of ether oxygens (including phenoxy) is 2. The molecule has 1 fully saturated rings. The molecule has 2 unspecified atom stereocenters. The summed E-state index contributed by atoms with van der Waals surface area (Å²) in [6.45, 7) is 4.92. The lowest BCUT2D eigenvalue weighted by atomic mass is 9.84. The van der Waals surface area contributed by atoms with Crippen molar-refractivity contribution < 1.29 is 42.9 Å². The monoisotopic (exact) mass is 720 g/mol. The normalized spacial score (nSPS) is 22.6. The molecule has 6 atom stereocenters. The minimum atomic E-state index is -4.24. The highest BCUT2D eigenvalue weighted by atomic mass is 31.2. The smallest absolute Gasteiger partial charge is 0.387 e. The van der Waals surface area contributed by atoms with Crippen molar-refractivity contribution in [2.45, 2.75) is 166 Å². The fourth-order valence-electron chi connectivity index (χ4n) is 6.29. The van der Waals surface area contributed by atoms with Crippen LogP contribution in [0.1, 0.15) is 128 Å². The van der Waals surface area contributed by atoms with Crippen LogP contribution in [0.4, 0.5) is 0 Å². The summed E-state index contributed by atoms with van der Waals surface area (Å²) in [5.74, 6) is 0. The molecule has 0 aromatic heterocycles. The number of phosphoric acid groups is 1. The van der Waals surface area contributed by atoms with Gasteiger partial charge in [0.25, 0.3) is 0 Å². The van der Waals surface area contributed by atoms with Crippen LogP contribution in [0.2, 0.25) is 0 Å². The number of hydrogen-bond acceptors (Lipinski definition) is 9. The predicted molar refractivity (Wildman–Crippen MR) is 198 cm³/mol. The lowest BCUT2D eigenvalue weighted by molar-refractivity contribution is -0.248. The Kier molecular flexibility index (Phi) is 21.7. The third-order valence-corrected chi connectivity index (χ3v) is 10.8. The number of aliphatic hydroxyl groups is 3. The van der Waals surface area contributed by atoms with Gasteiger partial charge in [-0.15, -0.1) is 0 Å². The lowest BCUT2D eigenvalue weighted by Crippen LogP contribution is -2.65. The molecule has 2 aromatic rings. The molecule has 0 amide bonds. The number of rotatable bonds is 28. The van der Waals surface area contributed by atoms with E-state index in [0.29, 0.717) is 12.8 Å². The molecule has 3 rings (SSSR count). The number of phosphoric ester groups is 1. The van der Waals surface area contributed by atoms with Gasteiger partial charge in [-0.2, -0.15) is 0 Å². The van der Waals surface area contributed by atoms with Crippen molar-refractivity contribution in [3.05, 3.63) is 71.8 Å². The standard InChI is InChI=1S/C40H65O9P/c1-3-5-7-9-11-13-15-23-29-47-50(44,48-30-24-16-14-12-10-8-6-4-2)49-40-36(42)38(45-31-33-25-19-17-20-26-33)35(41)39(37(40)43)46-32-34-27-21-18-22-28-34/h17-22,25-28,35-43H,3-16,23-24,29-32H2,1-2H3/t35?,36-,37+,38+,39-,40?. The average Bonchev–Trinajstić information content (AvgIpc) is 3.13. The molecule has 1 aliphatic carbocycles. The molecule has 0 aliphatic heterocycles. The number of hydrogen-bond donors (Lipinski definition) is 3. The molecule has 0 radical (unpaired) electrons. The minimum Gasteiger partial charge on any atom is -0.387 e. The van der Waals surface area contributed by atoms with Crippen molar-refractivity contribution in [1.29, 1.82) is 0 Å². The van der Waals surface area contributed by atoms with E-state index in [4.69, 9.17) is 23.0 Å². The van der Waals surface area contributed by atoms with Gasteiger partial charge in [0.15, 0.2) is 0 Å². The SMILES string of the molecule is CCCCCCCCCCOP(=O)(OCCCCCCCCCC)OC1[C@@H](O)[C@H](OCc2ccccc2)C(O)[C@H](OCc2ccccc2)[C@H]1O. The van der Waals surface area contributed by atoms with Gasteiger partial charge < -0.3 is 24.8 Å². The van der Waals surface area contributed by atoms with E-state index in [1.807, 2.05) is 60.7 Å². The quantitative estimate of drug-likeness (QED) is 0.0584. The maximum atomic E-state index is 14.2. The Bertz CT molecular complexity index is 1070. The van der Waals surface area contributed by atoms with Crippen LogP contribution in [-0.2, 0) is 40.8 Å². The van der Waals surface area contributed by atoms with Gasteiger partial charge in [-0.25, -0.2) is 4.57 Å². The summed E-state index contributed by atoms with van der Waals surface area (Å²) in [6, 6.07) is 18.8. The Labute approximate surface area is 301 Å². The molecule has 1 saturated carbocycles. The molecule has 1 aliphatic rings. The van der Waals surface area contributed by atoms with Gasteiger partial charge >= 0.3 is 7.82 Å². The molecule has 0 spiro atoms. The Morgan fingerprint density at radius 3 is 1.22 bits per heavy atom. The van der Waals surface area contributed by atoms with Gasteiger partial charge in [-0.05, 0) is 24.0 Å². The van der Waals surface area contributed by atoms with Gasteiger partial charge in [-0.3, -0.25) is 13.6 Å². The second-order valence-electron chi connectivity index (χ2n) is 13.6. The van der Waals surface area contributed by atoms with Gasteiger partial charge in [0, 0.05) is 0 Å². The first-order valence-corrected chi connectivity index (χ1v) is 20.8. The Hall–Kier alpha value is -1.65. The van der Waals surface area contributed by atoms with E-state index in [1.165, 1.54) is 51.4 Å². The molecule has 0 saturated heterocycles. The van der Waals surface area contributed by atoms with Crippen molar-refractivity contribution in [1.82, 2.24) is 0 Å². The van der Waals surface area contributed by atoms with Crippen LogP contribution in [0, 0.1) is 0 Å². The molecule has 2 aromatic carbocycles. The topological polar surface area (TPSA) is 124 Å². The van der Waals surface area contributed by atoms with Crippen molar-refractivity contribution in [2.75, 3.05) is 13.2 Å². The Morgan fingerprint density at radius 2 is 0.840 bits per heavy atom. The first kappa shape index (κ1) is 42.8. The maximum absolute atomic E-state index is 14.2. The lowest BCUT2D eigenvalue weighted by Gasteiger charge is -2.45. The van der Waals surface area contributed by atoms with E-state index in [1.54, 1.807) is 0 Å². The summed E-state index contributed by atoms with van der Waals surface area (Å²) < 4.78 is 44.0. The van der Waals surface area contributed by atoms with E-state index in [2.05, 4.69) is 13.8 Å². The third kappa shape index (κ3) is 15.9. The van der Waals surface area contributed by atoms with E-state index < -0.39 is 44.4 Å². The fraction of sp³-hybridized carbons (Fsp3) is 0.700. The molecule has 10 heteroatoms. The van der Waals surface area contributed by atoms with Crippen molar-refractivity contribution in [3.8, 4) is 0 Å². The van der Waals surface area contributed by atoms with Crippen LogP contribution in [0.15, 0.2) is 60.7 Å². The molecule has 284 valence electrons. The predicted octanol–water partition coefficient (Wildman–Crippen LogP) is 9.06. The van der Waals surface area contributed by atoms with Crippen LogP contribution in [0.3, 0.4) is 0 Å². The van der Waals surface area contributed by atoms with E-state index >= 15 is 0 Å². The van der Waals surface area contributed by atoms with Gasteiger partial charge in [0.1, 0.15) is 36.6 Å². The van der Waals surface area contributed by atoms with E-state index in [0.717, 1.165) is 49.7 Å². The highest BCUT2D eigenvalue weighted by molar-refractivity contribution is 7.48. The van der Waals surface area contributed by atoms with Gasteiger partial charge in [0.05, 0.1) is 26.4 Å². The molecule has 0 bridgehead atoms. The van der Waals surface area contributed by atoms with Gasteiger partial charge in [-0.1, -0.05) is 164 Å². The third-order valence-electron chi connectivity index (χ3n) is 9.34. The summed E-state index contributed by atoms with van der Waals surface area (Å²) in [6.07, 6.45) is 9.12. The maximum Gasteiger partial charge on any atom is 0.475 e. The van der Waals surface area contributed by atoms with Crippen LogP contribution in [-0.4, -0.2) is 65.2 Å². The molecule has 9 nitrogen and oxygen atoms in total. The number of aliphatic hydroxyl groups excluding tert-OH is 3. The zero-order chi connectivity index (χ0) is 35.9. The second kappa shape index (κ2) is 25.3. The Balaban J connectivity index is 1.69. The largest absolute Gasteiger partial charge is 0.475 e. The zero-order valence-electron chi connectivity index (χ0n) is 30.6. The molecule has 50 heavy (non-hydrogen) atoms. The van der Waals surface area contributed by atoms with Crippen LogP contribution in [0.5, 0.6) is 0 Å². The summed E-state index contributed by atoms with van der Waals surface area (Å²) >= 11 is 0. The Morgan fingerprint density at radius 1 is 0.500 bits per heavy atom. The second-order valence-corrected chi connectivity index (χ2v) is 15.2. The summed E-state index contributed by atoms with van der Waals surface area (Å²) in [5.41, 5.74) is 1.68. The molecule has 0 heterocycles.